The maximum atomic E-state index is 16.9. The summed E-state index contributed by atoms with van der Waals surface area (Å²) in [5, 5.41) is 33.9. The summed E-state index contributed by atoms with van der Waals surface area (Å²) >= 11 is 0. The highest BCUT2D eigenvalue weighted by Gasteiger charge is 2.36. The van der Waals surface area contributed by atoms with E-state index in [0.717, 1.165) is 0 Å². The predicted octanol–water partition coefficient (Wildman–Crippen LogP) is 5.67. The Morgan fingerprint density at radius 2 is 2.00 bits per heavy atom. The van der Waals surface area contributed by atoms with E-state index in [1.165, 1.54) is 24.3 Å². The second-order valence-corrected chi connectivity index (χ2v) is 11.9. The molecule has 1 aromatic heterocycles. The Kier molecular flexibility index (Phi) is 7.73. The number of piperidine rings is 1. The van der Waals surface area contributed by atoms with Crippen molar-refractivity contribution >= 4 is 33.2 Å². The Hall–Kier alpha value is -4.91. The van der Waals surface area contributed by atoms with Gasteiger partial charge in [-0.2, -0.15) is 15.2 Å². The highest BCUT2D eigenvalue weighted by Crippen LogP contribution is 2.44. The zero-order valence-corrected chi connectivity index (χ0v) is 24.5. The molecule has 4 aromatic rings. The van der Waals surface area contributed by atoms with Crippen LogP contribution in [-0.2, 0) is 4.74 Å². The smallest absolute Gasteiger partial charge is 0.319 e. The van der Waals surface area contributed by atoms with Gasteiger partial charge >= 0.3 is 6.01 Å². The molecule has 6 rings (SSSR count). The van der Waals surface area contributed by atoms with Gasteiger partial charge < -0.3 is 19.5 Å². The lowest BCUT2D eigenvalue weighted by atomic mass is 9.83. The van der Waals surface area contributed by atoms with Crippen molar-refractivity contribution in [3.63, 3.8) is 0 Å². The Morgan fingerprint density at radius 3 is 2.69 bits per heavy atom. The molecular weight excluding hydrogens is 584 g/mol. The lowest BCUT2D eigenvalue weighted by Gasteiger charge is -2.38. The number of nitro benzene ring substituents is 1. The van der Waals surface area contributed by atoms with E-state index in [-0.39, 0.29) is 52.4 Å². The molecule has 0 spiro atoms. The van der Waals surface area contributed by atoms with Gasteiger partial charge in [-0.1, -0.05) is 30.2 Å². The molecule has 3 aromatic carbocycles. The van der Waals surface area contributed by atoms with Gasteiger partial charge in [0.05, 0.1) is 38.5 Å². The van der Waals surface area contributed by atoms with Gasteiger partial charge in [-0.15, -0.1) is 6.42 Å². The summed E-state index contributed by atoms with van der Waals surface area (Å²) in [6.45, 7) is 2.93. The van der Waals surface area contributed by atoms with Crippen LogP contribution < -0.4 is 9.64 Å². The van der Waals surface area contributed by atoms with Gasteiger partial charge in [0.1, 0.15) is 23.8 Å². The van der Waals surface area contributed by atoms with Crippen molar-refractivity contribution in [1.29, 1.82) is 5.26 Å². The van der Waals surface area contributed by atoms with Crippen molar-refractivity contribution in [3.05, 3.63) is 63.7 Å². The third-order valence-electron chi connectivity index (χ3n) is 8.61. The number of nitrogens with zero attached hydrogens (tertiary/aromatic N) is 5. The summed E-state index contributed by atoms with van der Waals surface area (Å²) in [5.41, 5.74) is -3.35. The topological polar surface area (TPSA) is 135 Å². The number of nitro groups is 1. The normalized spacial score (nSPS) is 19.6. The number of β-amino-alcohol motifs (C(OH)–C–C–N with tert-alkyl or cyclic N) is 1. The van der Waals surface area contributed by atoms with Crippen molar-refractivity contribution in [2.75, 3.05) is 37.8 Å². The first-order valence-corrected chi connectivity index (χ1v) is 14.5. The van der Waals surface area contributed by atoms with Crippen LogP contribution in [0.15, 0.2) is 36.4 Å². The first kappa shape index (κ1) is 30.1. The quantitative estimate of drug-likeness (QED) is 0.166. The lowest BCUT2D eigenvalue weighted by molar-refractivity contribution is -0.384. The van der Waals surface area contributed by atoms with Crippen LogP contribution in [0.4, 0.5) is 20.3 Å². The second kappa shape index (κ2) is 11.5. The lowest BCUT2D eigenvalue weighted by Crippen LogP contribution is -2.46. The third kappa shape index (κ3) is 5.48. The molecule has 0 amide bonds. The fourth-order valence-corrected chi connectivity index (χ4v) is 6.24. The number of ether oxygens (including phenoxy) is 2. The van der Waals surface area contributed by atoms with Crippen LogP contribution in [0.5, 0.6) is 6.01 Å². The molecule has 0 saturated carbocycles. The number of anilines is 1. The highest BCUT2D eigenvalue weighted by molar-refractivity contribution is 6.06. The van der Waals surface area contributed by atoms with E-state index in [2.05, 4.69) is 22.0 Å². The number of halogens is 2. The number of aromatic nitrogens is 2. The minimum Gasteiger partial charge on any atom is -0.462 e. The largest absolute Gasteiger partial charge is 0.462 e. The number of fused-ring (bicyclic) bond motifs is 2. The first-order valence-electron chi connectivity index (χ1n) is 14.5. The molecule has 10 nitrogen and oxygen atoms in total. The molecule has 0 aliphatic carbocycles. The minimum atomic E-state index is -1.09. The number of nitriles is 1. The molecule has 2 fully saturated rings. The zero-order chi connectivity index (χ0) is 31.9. The van der Waals surface area contributed by atoms with Crippen LogP contribution in [0.1, 0.15) is 38.2 Å². The zero-order valence-electron chi connectivity index (χ0n) is 24.5. The van der Waals surface area contributed by atoms with E-state index >= 15 is 4.39 Å². The molecule has 1 N–H and O–H groups in total. The summed E-state index contributed by atoms with van der Waals surface area (Å²) in [7, 11) is 0. The van der Waals surface area contributed by atoms with Crippen LogP contribution in [0.3, 0.4) is 0 Å². The number of terminal acetylenes is 1. The van der Waals surface area contributed by atoms with E-state index in [9.17, 15) is 24.9 Å². The number of hydrogen-bond donors (Lipinski definition) is 1. The first-order chi connectivity index (χ1) is 21.6. The fourth-order valence-electron chi connectivity index (χ4n) is 6.24. The summed E-state index contributed by atoms with van der Waals surface area (Å²) in [5.74, 6) is 0.681. The van der Waals surface area contributed by atoms with Gasteiger partial charge in [0.15, 0.2) is 5.82 Å². The average Bonchev–Trinajstić information content (AvgIpc) is 3.03. The Bertz CT molecular complexity index is 1930. The van der Waals surface area contributed by atoms with Crippen molar-refractivity contribution in [2.45, 2.75) is 38.2 Å². The molecule has 12 heteroatoms. The maximum Gasteiger partial charge on any atom is 0.319 e. The molecular formula is C33H29F2N5O5. The monoisotopic (exact) mass is 613 g/mol. The van der Waals surface area contributed by atoms with Crippen LogP contribution in [0.2, 0.25) is 0 Å². The van der Waals surface area contributed by atoms with E-state index < -0.39 is 38.8 Å². The van der Waals surface area contributed by atoms with Gasteiger partial charge in [0, 0.05) is 43.3 Å². The SMILES string of the molecule is C#Cc1c(F)ccc2cccc(-c3c([N+](=O)[O-])cc4c(N5CCC[C@@](C)(O)C5)nc(OCC5(C#N)CCOCC5)nc4c3F)c12. The van der Waals surface area contributed by atoms with E-state index in [1.54, 1.807) is 24.0 Å². The number of benzene rings is 3. The number of aliphatic hydroxyl groups is 1. The average molecular weight is 614 g/mol. The summed E-state index contributed by atoms with van der Waals surface area (Å²) in [4.78, 5) is 22.4. The predicted molar refractivity (Wildman–Crippen MR) is 163 cm³/mol. The highest BCUT2D eigenvalue weighted by atomic mass is 19.1. The molecule has 3 heterocycles. The van der Waals surface area contributed by atoms with Crippen LogP contribution >= 0.6 is 0 Å². The van der Waals surface area contributed by atoms with Crippen molar-refractivity contribution < 1.29 is 28.3 Å². The Morgan fingerprint density at radius 1 is 1.22 bits per heavy atom. The van der Waals surface area contributed by atoms with Gasteiger partial charge in [-0.05, 0) is 44.1 Å². The van der Waals surface area contributed by atoms with Crippen LogP contribution in [0, 0.1) is 50.8 Å². The molecule has 0 radical (unpaired) electrons. The Balaban J connectivity index is 1.60. The Labute approximate surface area is 257 Å². The van der Waals surface area contributed by atoms with Gasteiger partial charge in [-0.3, -0.25) is 10.1 Å². The molecule has 0 unspecified atom stereocenters. The fraction of sp³-hybridized carbons (Fsp3) is 0.364. The summed E-state index contributed by atoms with van der Waals surface area (Å²) < 4.78 is 43.1. The molecule has 1 atom stereocenters. The minimum absolute atomic E-state index is 0.0280. The second-order valence-electron chi connectivity index (χ2n) is 11.9. The van der Waals surface area contributed by atoms with Crippen molar-refractivity contribution in [3.8, 4) is 35.6 Å². The molecule has 0 bridgehead atoms. The summed E-state index contributed by atoms with van der Waals surface area (Å²) in [6.07, 6.45) is 7.61. The maximum absolute atomic E-state index is 16.9. The molecule has 230 valence electrons. The van der Waals surface area contributed by atoms with Gasteiger partial charge in [-0.25, -0.2) is 8.78 Å². The van der Waals surface area contributed by atoms with E-state index in [1.807, 2.05) is 0 Å². The van der Waals surface area contributed by atoms with Crippen molar-refractivity contribution in [2.24, 2.45) is 5.41 Å². The standard InChI is InChI=1S/C33H29F2N5O5/c1-3-21-24(34)9-8-20-6-4-7-22(26(20)21)27-25(40(42)43)16-23-29(28(27)35)37-31(45-19-33(17-36)11-14-44-15-12-33)38-30(23)39-13-5-10-32(2,41)18-39/h1,4,6-9,16,41H,5,10-15,18-19H2,2H3/t32-/m1/s1. The number of hydrogen-bond acceptors (Lipinski definition) is 9. The third-order valence-corrected chi connectivity index (χ3v) is 8.61. The summed E-state index contributed by atoms with van der Waals surface area (Å²) in [6, 6.07) is 10.6. The van der Waals surface area contributed by atoms with Crippen LogP contribution in [-0.4, -0.2) is 58.5 Å². The molecule has 2 aliphatic heterocycles. The van der Waals surface area contributed by atoms with Gasteiger partial charge in [0.2, 0.25) is 0 Å². The van der Waals surface area contributed by atoms with Crippen molar-refractivity contribution in [1.82, 2.24) is 9.97 Å². The van der Waals surface area contributed by atoms with Crippen LogP contribution in [0.25, 0.3) is 32.8 Å². The number of rotatable bonds is 6. The molecule has 45 heavy (non-hydrogen) atoms. The molecule has 2 aliphatic rings. The van der Waals surface area contributed by atoms with Gasteiger partial charge in [0.25, 0.3) is 5.69 Å². The molecule has 2 saturated heterocycles. The van der Waals surface area contributed by atoms with E-state index in [4.69, 9.17) is 15.9 Å². The van der Waals surface area contributed by atoms with E-state index in [0.29, 0.717) is 50.8 Å².